The standard InChI is InChI=1S/C20H35N7O3/c1-19(2)12-15(13-20(3,4)25-19)24-18-16(27(28)29)17(22-14-23-18)21-6-5-7-26-8-10-30-11-9-26/h14-15,25H,5-13H2,1-4H3,(H2,21,22,23,24). The highest BCUT2D eigenvalue weighted by Gasteiger charge is 2.38. The van der Waals surface area contributed by atoms with Gasteiger partial charge in [0.25, 0.3) is 0 Å². The van der Waals surface area contributed by atoms with E-state index in [1.165, 1.54) is 6.33 Å². The van der Waals surface area contributed by atoms with Crippen molar-refractivity contribution in [2.45, 2.75) is 64.1 Å². The fourth-order valence-corrected chi connectivity index (χ4v) is 4.74. The summed E-state index contributed by atoms with van der Waals surface area (Å²) < 4.78 is 5.36. The van der Waals surface area contributed by atoms with Crippen LogP contribution in [0.2, 0.25) is 0 Å². The van der Waals surface area contributed by atoms with Crippen LogP contribution in [0.4, 0.5) is 17.3 Å². The van der Waals surface area contributed by atoms with Crippen LogP contribution in [0.15, 0.2) is 6.33 Å². The topological polar surface area (TPSA) is 117 Å². The number of nitrogens with one attached hydrogen (secondary N) is 3. The molecule has 2 saturated heterocycles. The van der Waals surface area contributed by atoms with E-state index in [0.29, 0.717) is 6.54 Å². The Labute approximate surface area is 178 Å². The molecule has 0 saturated carbocycles. The fourth-order valence-electron chi connectivity index (χ4n) is 4.74. The molecule has 3 N–H and O–H groups in total. The number of hydrogen-bond donors (Lipinski definition) is 3. The van der Waals surface area contributed by atoms with E-state index in [-0.39, 0.29) is 34.4 Å². The highest BCUT2D eigenvalue weighted by Crippen LogP contribution is 2.34. The molecular formula is C20H35N7O3. The van der Waals surface area contributed by atoms with Gasteiger partial charge in [-0.3, -0.25) is 15.0 Å². The molecule has 0 atom stereocenters. The van der Waals surface area contributed by atoms with E-state index in [1.807, 2.05) is 0 Å². The number of ether oxygens (including phenoxy) is 1. The number of nitro groups is 1. The Hall–Kier alpha value is -2.04. The van der Waals surface area contributed by atoms with E-state index in [4.69, 9.17) is 4.74 Å². The van der Waals surface area contributed by atoms with Crippen LogP contribution in [0, 0.1) is 10.1 Å². The number of morpholine rings is 1. The smallest absolute Gasteiger partial charge is 0.353 e. The Morgan fingerprint density at radius 1 is 1.20 bits per heavy atom. The van der Waals surface area contributed by atoms with E-state index < -0.39 is 4.92 Å². The lowest BCUT2D eigenvalue weighted by atomic mass is 9.79. The fraction of sp³-hybridized carbons (Fsp3) is 0.800. The van der Waals surface area contributed by atoms with Gasteiger partial charge in [-0.15, -0.1) is 0 Å². The van der Waals surface area contributed by atoms with Crippen LogP contribution >= 0.6 is 0 Å². The SMILES string of the molecule is CC1(C)CC(Nc2ncnc(NCCCN3CCOCC3)c2[N+](=O)[O-])CC(C)(C)N1. The van der Waals surface area contributed by atoms with Crippen LogP contribution in [0.3, 0.4) is 0 Å². The zero-order chi connectivity index (χ0) is 21.8. The molecule has 10 nitrogen and oxygen atoms in total. The maximum absolute atomic E-state index is 11.8. The zero-order valence-electron chi connectivity index (χ0n) is 18.5. The van der Waals surface area contributed by atoms with Gasteiger partial charge in [0, 0.05) is 36.8 Å². The molecule has 0 unspecified atom stereocenters. The number of rotatable bonds is 8. The summed E-state index contributed by atoms with van der Waals surface area (Å²) in [7, 11) is 0. The lowest BCUT2D eigenvalue weighted by Crippen LogP contribution is -2.60. The summed E-state index contributed by atoms with van der Waals surface area (Å²) in [6.45, 7) is 13.6. The van der Waals surface area contributed by atoms with Crippen molar-refractivity contribution in [2.75, 3.05) is 50.0 Å². The predicted octanol–water partition coefficient (Wildman–Crippen LogP) is 2.24. The Balaban J connectivity index is 1.64. The van der Waals surface area contributed by atoms with Crippen LogP contribution in [0.1, 0.15) is 47.0 Å². The lowest BCUT2D eigenvalue weighted by molar-refractivity contribution is -0.383. The van der Waals surface area contributed by atoms with Gasteiger partial charge in [-0.2, -0.15) is 0 Å². The third-order valence-corrected chi connectivity index (χ3v) is 5.58. The third-order valence-electron chi connectivity index (χ3n) is 5.58. The number of aromatic nitrogens is 2. The molecule has 0 bridgehead atoms. The zero-order valence-corrected chi connectivity index (χ0v) is 18.5. The van der Waals surface area contributed by atoms with Crippen molar-refractivity contribution in [3.05, 3.63) is 16.4 Å². The molecule has 2 fully saturated rings. The molecular weight excluding hydrogens is 386 g/mol. The molecule has 1 aromatic heterocycles. The molecule has 0 aliphatic carbocycles. The Bertz CT molecular complexity index is 719. The van der Waals surface area contributed by atoms with Crippen LogP contribution in [-0.4, -0.2) is 76.3 Å². The molecule has 0 spiro atoms. The number of piperidine rings is 1. The van der Waals surface area contributed by atoms with Gasteiger partial charge in [-0.1, -0.05) is 0 Å². The van der Waals surface area contributed by atoms with Gasteiger partial charge < -0.3 is 20.7 Å². The predicted molar refractivity (Wildman–Crippen MR) is 117 cm³/mol. The molecule has 10 heteroatoms. The average Bonchev–Trinajstić information content (AvgIpc) is 2.63. The Morgan fingerprint density at radius 2 is 1.83 bits per heavy atom. The van der Waals surface area contributed by atoms with Crippen molar-refractivity contribution in [2.24, 2.45) is 0 Å². The van der Waals surface area contributed by atoms with E-state index in [9.17, 15) is 10.1 Å². The first-order valence-corrected chi connectivity index (χ1v) is 10.7. The lowest BCUT2D eigenvalue weighted by Gasteiger charge is -2.46. The van der Waals surface area contributed by atoms with Crippen molar-refractivity contribution in [3.8, 4) is 0 Å². The molecule has 1 aromatic rings. The van der Waals surface area contributed by atoms with Crippen LogP contribution in [0.5, 0.6) is 0 Å². The van der Waals surface area contributed by atoms with Crippen molar-refractivity contribution < 1.29 is 9.66 Å². The monoisotopic (exact) mass is 421 g/mol. The van der Waals surface area contributed by atoms with E-state index in [0.717, 1.165) is 52.1 Å². The van der Waals surface area contributed by atoms with Crippen LogP contribution in [-0.2, 0) is 4.74 Å². The number of hydrogen-bond acceptors (Lipinski definition) is 9. The summed E-state index contributed by atoms with van der Waals surface area (Å²) in [4.78, 5) is 22.1. The van der Waals surface area contributed by atoms with Gasteiger partial charge >= 0.3 is 5.69 Å². The minimum Gasteiger partial charge on any atom is -0.379 e. The molecule has 30 heavy (non-hydrogen) atoms. The van der Waals surface area contributed by atoms with Crippen molar-refractivity contribution in [1.29, 1.82) is 0 Å². The molecule has 2 aliphatic heterocycles. The van der Waals surface area contributed by atoms with Gasteiger partial charge in [0.15, 0.2) is 0 Å². The first-order valence-electron chi connectivity index (χ1n) is 10.7. The summed E-state index contributed by atoms with van der Waals surface area (Å²) >= 11 is 0. The maximum atomic E-state index is 11.8. The normalized spacial score (nSPS) is 21.9. The average molecular weight is 422 g/mol. The first kappa shape index (κ1) is 22.6. The quantitative estimate of drug-likeness (QED) is 0.330. The highest BCUT2D eigenvalue weighted by molar-refractivity contribution is 5.69. The van der Waals surface area contributed by atoms with Gasteiger partial charge in [0.05, 0.1) is 18.1 Å². The van der Waals surface area contributed by atoms with Crippen LogP contribution < -0.4 is 16.0 Å². The van der Waals surface area contributed by atoms with E-state index in [1.54, 1.807) is 0 Å². The third kappa shape index (κ3) is 6.23. The minimum absolute atomic E-state index is 0.0677. The Morgan fingerprint density at radius 3 is 2.47 bits per heavy atom. The van der Waals surface area contributed by atoms with Crippen molar-refractivity contribution >= 4 is 17.3 Å². The summed E-state index contributed by atoms with van der Waals surface area (Å²) in [6.07, 6.45) is 3.96. The van der Waals surface area contributed by atoms with E-state index >= 15 is 0 Å². The molecule has 3 rings (SSSR count). The molecule has 168 valence electrons. The molecule has 3 heterocycles. The minimum atomic E-state index is -0.399. The number of anilines is 2. The second kappa shape index (κ2) is 9.40. The van der Waals surface area contributed by atoms with Gasteiger partial charge in [0.2, 0.25) is 11.6 Å². The summed E-state index contributed by atoms with van der Waals surface area (Å²) in [5.41, 5.74) is -0.220. The first-order chi connectivity index (χ1) is 14.2. The summed E-state index contributed by atoms with van der Waals surface area (Å²) in [5, 5.41) is 21.9. The Kier molecular flexibility index (Phi) is 7.10. The van der Waals surface area contributed by atoms with Crippen molar-refractivity contribution in [3.63, 3.8) is 0 Å². The van der Waals surface area contributed by atoms with E-state index in [2.05, 4.69) is 58.5 Å². The van der Waals surface area contributed by atoms with Gasteiger partial charge in [-0.05, 0) is 53.5 Å². The molecule has 0 amide bonds. The van der Waals surface area contributed by atoms with Crippen molar-refractivity contribution in [1.82, 2.24) is 20.2 Å². The van der Waals surface area contributed by atoms with Gasteiger partial charge in [0.1, 0.15) is 6.33 Å². The van der Waals surface area contributed by atoms with Crippen LogP contribution in [0.25, 0.3) is 0 Å². The second-order valence-corrected chi connectivity index (χ2v) is 9.55. The molecule has 0 radical (unpaired) electrons. The number of nitrogens with zero attached hydrogens (tertiary/aromatic N) is 4. The largest absolute Gasteiger partial charge is 0.379 e. The maximum Gasteiger partial charge on any atom is 0.353 e. The molecule has 2 aliphatic rings. The summed E-state index contributed by atoms with van der Waals surface area (Å²) in [6, 6.07) is 0.0824. The van der Waals surface area contributed by atoms with Gasteiger partial charge in [-0.25, -0.2) is 9.97 Å². The molecule has 0 aromatic carbocycles. The second-order valence-electron chi connectivity index (χ2n) is 9.55. The highest BCUT2D eigenvalue weighted by atomic mass is 16.6. The summed E-state index contributed by atoms with van der Waals surface area (Å²) in [5.74, 6) is 0.552.